The number of amides is 1. The summed E-state index contributed by atoms with van der Waals surface area (Å²) in [6.07, 6.45) is 2.26. The first-order chi connectivity index (χ1) is 15.1. The Bertz CT molecular complexity index is 878. The van der Waals surface area contributed by atoms with E-state index in [2.05, 4.69) is 25.9 Å². The van der Waals surface area contributed by atoms with Crippen molar-refractivity contribution in [2.45, 2.75) is 59.3 Å². The molecule has 0 fully saturated rings. The number of hydrogen-bond donors (Lipinski definition) is 3. The standard InChI is InChI=1S/C24H35N5O3.HI/c1-17(2)31-21-12-9-19(15-27-21)16-28-22(25-6)26-14-13-18-7-10-20(11-8-18)29-23(30)32-24(3,4)5;/h7-12,15,17H,13-14,16H2,1-6H3,(H,29,30)(H2,25,26,28);1H. The van der Waals surface area contributed by atoms with Crippen LogP contribution in [0.4, 0.5) is 10.5 Å². The Labute approximate surface area is 214 Å². The molecule has 0 saturated carbocycles. The Morgan fingerprint density at radius 3 is 2.27 bits per heavy atom. The van der Waals surface area contributed by atoms with Gasteiger partial charge in [0.05, 0.1) is 6.10 Å². The highest BCUT2D eigenvalue weighted by Gasteiger charge is 2.16. The first-order valence-electron chi connectivity index (χ1n) is 10.8. The van der Waals surface area contributed by atoms with Crippen LogP contribution in [0.3, 0.4) is 0 Å². The van der Waals surface area contributed by atoms with Crippen molar-refractivity contribution in [3.63, 3.8) is 0 Å². The van der Waals surface area contributed by atoms with Crippen molar-refractivity contribution in [3.8, 4) is 5.88 Å². The minimum Gasteiger partial charge on any atom is -0.475 e. The molecule has 1 aromatic heterocycles. The summed E-state index contributed by atoms with van der Waals surface area (Å²) in [5.74, 6) is 1.34. The molecule has 1 heterocycles. The summed E-state index contributed by atoms with van der Waals surface area (Å²) in [6, 6.07) is 11.6. The van der Waals surface area contributed by atoms with Crippen molar-refractivity contribution in [1.29, 1.82) is 0 Å². The van der Waals surface area contributed by atoms with E-state index in [0.29, 0.717) is 18.1 Å². The molecule has 0 aliphatic carbocycles. The van der Waals surface area contributed by atoms with E-state index in [1.807, 2.05) is 71.0 Å². The highest BCUT2D eigenvalue weighted by atomic mass is 127. The second-order valence-corrected chi connectivity index (χ2v) is 8.60. The van der Waals surface area contributed by atoms with Gasteiger partial charge < -0.3 is 20.1 Å². The summed E-state index contributed by atoms with van der Waals surface area (Å²) in [7, 11) is 1.74. The van der Waals surface area contributed by atoms with Gasteiger partial charge in [0.1, 0.15) is 5.60 Å². The SMILES string of the molecule is CN=C(NCCc1ccc(NC(=O)OC(C)(C)C)cc1)NCc1ccc(OC(C)C)nc1.I. The van der Waals surface area contributed by atoms with Crippen molar-refractivity contribution in [2.75, 3.05) is 18.9 Å². The van der Waals surface area contributed by atoms with Crippen LogP contribution >= 0.6 is 24.0 Å². The van der Waals surface area contributed by atoms with Crippen molar-refractivity contribution in [3.05, 3.63) is 53.7 Å². The number of nitrogens with zero attached hydrogens (tertiary/aromatic N) is 2. The topological polar surface area (TPSA) is 96.9 Å². The van der Waals surface area contributed by atoms with E-state index in [4.69, 9.17) is 9.47 Å². The average Bonchev–Trinajstić information content (AvgIpc) is 2.71. The molecule has 182 valence electrons. The first kappa shape index (κ1) is 28.5. The Balaban J connectivity index is 0.00000544. The van der Waals surface area contributed by atoms with Crippen LogP contribution in [-0.4, -0.2) is 42.3 Å². The Hall–Kier alpha value is -2.56. The molecule has 9 heteroatoms. The van der Waals surface area contributed by atoms with Gasteiger partial charge in [0.25, 0.3) is 0 Å². The number of carbonyl (C=O) groups excluding carboxylic acids is 1. The van der Waals surface area contributed by atoms with Crippen molar-refractivity contribution in [1.82, 2.24) is 15.6 Å². The molecule has 2 aromatic rings. The Morgan fingerprint density at radius 2 is 1.73 bits per heavy atom. The Kier molecular flexibility index (Phi) is 12.0. The van der Waals surface area contributed by atoms with Crippen LogP contribution in [-0.2, 0) is 17.7 Å². The summed E-state index contributed by atoms with van der Waals surface area (Å²) < 4.78 is 10.8. The maximum absolute atomic E-state index is 11.8. The molecule has 1 amide bonds. The number of pyridine rings is 1. The summed E-state index contributed by atoms with van der Waals surface area (Å²) >= 11 is 0. The molecule has 0 aliphatic heterocycles. The van der Waals surface area contributed by atoms with Gasteiger partial charge in [-0.25, -0.2) is 9.78 Å². The maximum Gasteiger partial charge on any atom is 0.412 e. The van der Waals surface area contributed by atoms with Crippen LogP contribution in [0.1, 0.15) is 45.7 Å². The van der Waals surface area contributed by atoms with Gasteiger partial charge in [0.15, 0.2) is 5.96 Å². The third kappa shape index (κ3) is 11.7. The predicted molar refractivity (Wildman–Crippen MR) is 144 cm³/mol. The molecule has 0 saturated heterocycles. The van der Waals surface area contributed by atoms with E-state index in [0.717, 1.165) is 30.1 Å². The minimum atomic E-state index is -0.523. The number of aromatic nitrogens is 1. The van der Waals surface area contributed by atoms with Gasteiger partial charge >= 0.3 is 6.09 Å². The highest BCUT2D eigenvalue weighted by Crippen LogP contribution is 2.13. The number of carbonyl (C=O) groups is 1. The lowest BCUT2D eigenvalue weighted by Gasteiger charge is -2.19. The smallest absolute Gasteiger partial charge is 0.412 e. The van der Waals surface area contributed by atoms with Gasteiger partial charge in [-0.2, -0.15) is 0 Å². The number of rotatable bonds is 8. The highest BCUT2D eigenvalue weighted by molar-refractivity contribution is 14.0. The fraction of sp³-hybridized carbons (Fsp3) is 0.458. The largest absolute Gasteiger partial charge is 0.475 e. The molecule has 0 atom stereocenters. The third-order valence-corrected chi connectivity index (χ3v) is 4.14. The number of benzene rings is 1. The van der Waals surface area contributed by atoms with E-state index in [1.54, 1.807) is 13.2 Å². The third-order valence-electron chi connectivity index (χ3n) is 4.14. The number of anilines is 1. The summed E-state index contributed by atoms with van der Waals surface area (Å²) in [6.45, 7) is 10.8. The zero-order chi connectivity index (χ0) is 23.6. The van der Waals surface area contributed by atoms with E-state index < -0.39 is 11.7 Å². The van der Waals surface area contributed by atoms with Gasteiger partial charge in [0.2, 0.25) is 5.88 Å². The van der Waals surface area contributed by atoms with Crippen LogP contribution in [0.25, 0.3) is 0 Å². The van der Waals surface area contributed by atoms with E-state index in [9.17, 15) is 4.79 Å². The van der Waals surface area contributed by atoms with Gasteiger partial charge in [-0.15, -0.1) is 24.0 Å². The summed E-state index contributed by atoms with van der Waals surface area (Å²) in [5.41, 5.74) is 2.36. The van der Waals surface area contributed by atoms with Gasteiger partial charge in [0, 0.05) is 38.1 Å². The molecule has 0 bridgehead atoms. The van der Waals surface area contributed by atoms with Crippen LogP contribution < -0.4 is 20.7 Å². The van der Waals surface area contributed by atoms with Crippen LogP contribution in [0.2, 0.25) is 0 Å². The lowest BCUT2D eigenvalue weighted by Crippen LogP contribution is -2.37. The zero-order valence-corrected chi connectivity index (χ0v) is 22.6. The number of halogens is 1. The van der Waals surface area contributed by atoms with E-state index >= 15 is 0 Å². The Morgan fingerprint density at radius 1 is 1.06 bits per heavy atom. The molecule has 0 unspecified atom stereocenters. The average molecular weight is 569 g/mol. The van der Waals surface area contributed by atoms with Gasteiger partial charge in [-0.3, -0.25) is 10.3 Å². The van der Waals surface area contributed by atoms with E-state index in [-0.39, 0.29) is 30.1 Å². The van der Waals surface area contributed by atoms with Crippen molar-refractivity contribution in [2.24, 2.45) is 4.99 Å². The molecule has 8 nitrogen and oxygen atoms in total. The van der Waals surface area contributed by atoms with Crippen LogP contribution in [0.5, 0.6) is 5.88 Å². The molecule has 1 aromatic carbocycles. The molecular weight excluding hydrogens is 533 g/mol. The van der Waals surface area contributed by atoms with Crippen LogP contribution in [0, 0.1) is 0 Å². The number of aliphatic imine (C=N–C) groups is 1. The number of guanidine groups is 1. The molecular formula is C24H36IN5O3. The molecule has 3 N–H and O–H groups in total. The second kappa shape index (κ2) is 13.9. The van der Waals surface area contributed by atoms with Crippen molar-refractivity contribution >= 4 is 41.7 Å². The maximum atomic E-state index is 11.8. The van der Waals surface area contributed by atoms with E-state index in [1.165, 1.54) is 0 Å². The molecule has 0 spiro atoms. The fourth-order valence-corrected chi connectivity index (χ4v) is 2.73. The lowest BCUT2D eigenvalue weighted by atomic mass is 10.1. The molecule has 0 aliphatic rings. The van der Waals surface area contributed by atoms with Crippen molar-refractivity contribution < 1.29 is 14.3 Å². The zero-order valence-electron chi connectivity index (χ0n) is 20.3. The summed E-state index contributed by atoms with van der Waals surface area (Å²) in [5, 5.41) is 9.32. The molecule has 0 radical (unpaired) electrons. The number of hydrogen-bond acceptors (Lipinski definition) is 5. The minimum absolute atomic E-state index is 0. The molecule has 33 heavy (non-hydrogen) atoms. The number of nitrogens with one attached hydrogen (secondary N) is 3. The summed E-state index contributed by atoms with van der Waals surface area (Å²) in [4.78, 5) is 20.4. The first-order valence-corrected chi connectivity index (χ1v) is 10.8. The van der Waals surface area contributed by atoms with Gasteiger partial charge in [-0.1, -0.05) is 18.2 Å². The lowest BCUT2D eigenvalue weighted by molar-refractivity contribution is 0.0636. The van der Waals surface area contributed by atoms with Crippen LogP contribution in [0.15, 0.2) is 47.6 Å². The number of ether oxygens (including phenoxy) is 2. The normalized spacial score (nSPS) is 11.4. The quantitative estimate of drug-likeness (QED) is 0.242. The van der Waals surface area contributed by atoms with Gasteiger partial charge in [-0.05, 0) is 64.3 Å². The fourth-order valence-electron chi connectivity index (χ4n) is 2.73. The monoisotopic (exact) mass is 569 g/mol. The predicted octanol–water partition coefficient (Wildman–Crippen LogP) is 4.74. The second-order valence-electron chi connectivity index (χ2n) is 8.60. The molecule has 2 rings (SSSR count).